The van der Waals surface area contributed by atoms with Gasteiger partial charge in [0.15, 0.2) is 11.5 Å². The van der Waals surface area contributed by atoms with Gasteiger partial charge in [-0.2, -0.15) is 0 Å². The summed E-state index contributed by atoms with van der Waals surface area (Å²) in [6.45, 7) is 5.62. The Bertz CT molecular complexity index is 402. The Morgan fingerprint density at radius 3 is 2.17 bits per heavy atom. The van der Waals surface area contributed by atoms with Gasteiger partial charge in [0.1, 0.15) is 0 Å². The highest BCUT2D eigenvalue weighted by molar-refractivity contribution is 7.39. The Morgan fingerprint density at radius 1 is 1.11 bits per heavy atom. The summed E-state index contributed by atoms with van der Waals surface area (Å²) < 4.78 is 9.49. The van der Waals surface area contributed by atoms with Crippen LogP contribution in [-0.4, -0.2) is 9.79 Å². The summed E-state index contributed by atoms with van der Waals surface area (Å²) in [6.07, 6.45) is 0. The number of rotatable bonds is 4. The van der Waals surface area contributed by atoms with Gasteiger partial charge in [-0.15, -0.1) is 0 Å². The van der Waals surface area contributed by atoms with Crippen LogP contribution in [0.15, 0.2) is 18.2 Å². The SMILES string of the molecule is CC(C)(C)c1cccc(OP(O)O)c1OP([O-])[O-]. The molecular weight excluding hydrogens is 278 g/mol. The standard InChI is InChI=1S/C10H14O6P2/c1-10(2,3)7-5-4-6-8(15-17(11)12)9(7)16-18(13)14/h4-6,11-12H,1-3H3/q-2. The summed E-state index contributed by atoms with van der Waals surface area (Å²) in [7, 11) is -5.76. The van der Waals surface area contributed by atoms with Crippen LogP contribution < -0.4 is 18.8 Å². The van der Waals surface area contributed by atoms with Crippen LogP contribution in [0.3, 0.4) is 0 Å². The van der Waals surface area contributed by atoms with Gasteiger partial charge in [-0.1, -0.05) is 41.5 Å². The summed E-state index contributed by atoms with van der Waals surface area (Å²) in [6, 6.07) is 4.72. The van der Waals surface area contributed by atoms with Crippen LogP contribution in [0.5, 0.6) is 11.5 Å². The Morgan fingerprint density at radius 2 is 1.72 bits per heavy atom. The van der Waals surface area contributed by atoms with Crippen LogP contribution in [0.25, 0.3) is 0 Å². The Hall–Kier alpha value is -0.480. The van der Waals surface area contributed by atoms with E-state index in [1.807, 2.05) is 20.8 Å². The van der Waals surface area contributed by atoms with Gasteiger partial charge in [0, 0.05) is 5.56 Å². The first-order chi connectivity index (χ1) is 8.21. The molecule has 0 amide bonds. The van der Waals surface area contributed by atoms with Crippen molar-refractivity contribution in [3.8, 4) is 11.5 Å². The second-order valence-corrected chi connectivity index (χ2v) is 5.86. The Balaban J connectivity index is 3.25. The first-order valence-electron chi connectivity index (χ1n) is 5.03. The molecule has 102 valence electrons. The van der Waals surface area contributed by atoms with E-state index in [0.29, 0.717) is 5.56 Å². The first kappa shape index (κ1) is 15.6. The smallest absolute Gasteiger partial charge is 0.391 e. The third-order valence-corrected chi connectivity index (χ3v) is 2.82. The first-order valence-corrected chi connectivity index (χ1v) is 7.29. The quantitative estimate of drug-likeness (QED) is 0.799. The molecule has 8 heteroatoms. The van der Waals surface area contributed by atoms with Gasteiger partial charge in [-0.25, -0.2) is 0 Å². The maximum Gasteiger partial charge on any atom is 0.391 e. The van der Waals surface area contributed by atoms with Crippen molar-refractivity contribution in [3.63, 3.8) is 0 Å². The van der Waals surface area contributed by atoms with E-state index in [4.69, 9.17) is 18.8 Å². The van der Waals surface area contributed by atoms with Gasteiger partial charge in [-0.3, -0.25) is 0 Å². The zero-order chi connectivity index (χ0) is 13.9. The minimum Gasteiger partial charge on any atom is -0.810 e. The van der Waals surface area contributed by atoms with Crippen LogP contribution in [0.4, 0.5) is 0 Å². The van der Waals surface area contributed by atoms with E-state index in [9.17, 15) is 9.79 Å². The molecule has 1 rings (SSSR count). The van der Waals surface area contributed by atoms with E-state index in [0.717, 1.165) is 0 Å². The predicted molar refractivity (Wildman–Crippen MR) is 64.7 cm³/mol. The molecule has 0 unspecified atom stereocenters. The third-order valence-electron chi connectivity index (χ3n) is 2.13. The lowest BCUT2D eigenvalue weighted by Crippen LogP contribution is -2.17. The molecule has 1 aromatic rings. The molecule has 0 radical (unpaired) electrons. The highest BCUT2D eigenvalue weighted by Crippen LogP contribution is 2.45. The highest BCUT2D eigenvalue weighted by Gasteiger charge is 2.22. The molecule has 0 bridgehead atoms. The fraction of sp³-hybridized carbons (Fsp3) is 0.400. The van der Waals surface area contributed by atoms with Crippen molar-refractivity contribution in [2.24, 2.45) is 0 Å². The average Bonchev–Trinajstić information content (AvgIpc) is 2.17. The molecule has 0 saturated carbocycles. The predicted octanol–water partition coefficient (Wildman–Crippen LogP) is 0.901. The van der Waals surface area contributed by atoms with Crippen molar-refractivity contribution in [3.05, 3.63) is 23.8 Å². The lowest BCUT2D eigenvalue weighted by molar-refractivity contribution is -0.310. The minimum absolute atomic E-state index is 0.0160. The summed E-state index contributed by atoms with van der Waals surface area (Å²) in [5, 5.41) is 0. The van der Waals surface area contributed by atoms with Gasteiger partial charge in [-0.05, 0) is 11.5 Å². The second-order valence-electron chi connectivity index (χ2n) is 4.54. The van der Waals surface area contributed by atoms with Crippen LogP contribution >= 0.6 is 17.2 Å². The number of para-hydroxylation sites is 1. The zero-order valence-electron chi connectivity index (χ0n) is 10.2. The number of hydrogen-bond acceptors (Lipinski definition) is 6. The molecule has 0 fully saturated rings. The molecule has 0 saturated heterocycles. The maximum absolute atomic E-state index is 10.7. The van der Waals surface area contributed by atoms with Gasteiger partial charge in [0.05, 0.1) is 0 Å². The fourth-order valence-electron chi connectivity index (χ4n) is 1.43. The van der Waals surface area contributed by atoms with Gasteiger partial charge >= 0.3 is 8.60 Å². The van der Waals surface area contributed by atoms with Crippen LogP contribution in [-0.2, 0) is 5.41 Å². The van der Waals surface area contributed by atoms with E-state index >= 15 is 0 Å². The van der Waals surface area contributed by atoms with E-state index in [-0.39, 0.29) is 16.9 Å². The van der Waals surface area contributed by atoms with Crippen molar-refractivity contribution in [2.45, 2.75) is 26.2 Å². The Labute approximate surface area is 108 Å². The lowest BCUT2D eigenvalue weighted by Gasteiger charge is -2.33. The largest absolute Gasteiger partial charge is 0.810 e. The minimum atomic E-state index is -3.12. The summed E-state index contributed by atoms with van der Waals surface area (Å²) in [5.74, 6) is -0.0329. The molecule has 18 heavy (non-hydrogen) atoms. The van der Waals surface area contributed by atoms with Crippen molar-refractivity contribution in [1.82, 2.24) is 0 Å². The van der Waals surface area contributed by atoms with E-state index in [2.05, 4.69) is 0 Å². The van der Waals surface area contributed by atoms with E-state index in [1.165, 1.54) is 6.07 Å². The highest BCUT2D eigenvalue weighted by atomic mass is 31.2. The molecule has 0 aliphatic carbocycles. The molecule has 0 aliphatic heterocycles. The molecule has 0 aromatic heterocycles. The summed E-state index contributed by atoms with van der Waals surface area (Å²) in [4.78, 5) is 39.2. The topological polar surface area (TPSA) is 105 Å². The summed E-state index contributed by atoms with van der Waals surface area (Å²) in [5.41, 5.74) is 0.212. The molecule has 1 aromatic carbocycles. The molecule has 2 N–H and O–H groups in total. The third kappa shape index (κ3) is 4.32. The van der Waals surface area contributed by atoms with Crippen molar-refractivity contribution in [1.29, 1.82) is 0 Å². The van der Waals surface area contributed by atoms with E-state index < -0.39 is 17.2 Å². The molecule has 0 spiro atoms. The van der Waals surface area contributed by atoms with Gasteiger partial charge in [0.2, 0.25) is 0 Å². The zero-order valence-corrected chi connectivity index (χ0v) is 11.9. The van der Waals surface area contributed by atoms with Gasteiger partial charge < -0.3 is 28.6 Å². The van der Waals surface area contributed by atoms with Gasteiger partial charge in [0.25, 0.3) is 0 Å². The number of hydrogen-bond donors (Lipinski definition) is 2. The molecular formula is C10H14O6P2-2. The van der Waals surface area contributed by atoms with Crippen molar-refractivity contribution < 1.29 is 28.6 Å². The van der Waals surface area contributed by atoms with E-state index in [1.54, 1.807) is 12.1 Å². The van der Waals surface area contributed by atoms with Crippen LogP contribution in [0, 0.1) is 0 Å². The summed E-state index contributed by atoms with van der Waals surface area (Å²) >= 11 is 0. The lowest BCUT2D eigenvalue weighted by atomic mass is 9.86. The number of benzene rings is 1. The molecule has 0 heterocycles. The monoisotopic (exact) mass is 292 g/mol. The van der Waals surface area contributed by atoms with Crippen LogP contribution in [0.1, 0.15) is 26.3 Å². The van der Waals surface area contributed by atoms with Crippen LogP contribution in [0.2, 0.25) is 0 Å². The molecule has 0 aliphatic rings. The fourth-order valence-corrected chi connectivity index (χ4v) is 2.09. The molecule has 0 atom stereocenters. The normalized spacial score (nSPS) is 12.1. The average molecular weight is 292 g/mol. The Kier molecular flexibility index (Phi) is 5.29. The second kappa shape index (κ2) is 6.11. The van der Waals surface area contributed by atoms with Crippen molar-refractivity contribution >= 4 is 17.2 Å². The van der Waals surface area contributed by atoms with Crippen molar-refractivity contribution in [2.75, 3.05) is 0 Å². The molecule has 6 nitrogen and oxygen atoms in total. The maximum atomic E-state index is 10.7.